The Morgan fingerprint density at radius 2 is 1.61 bits per heavy atom. The second-order valence-corrected chi connectivity index (χ2v) is 14.3. The van der Waals surface area contributed by atoms with Gasteiger partial charge in [0.2, 0.25) is 15.9 Å². The van der Waals surface area contributed by atoms with Crippen LogP contribution in [0.5, 0.6) is 5.75 Å². The Balaban J connectivity index is 1.81. The SMILES string of the molecule is CCOc1cc(N(C)C)c(S(=O)(=O)N(C)C)cc1C1=N[C@@H](c2ccc(Cl)cc2)[C@@H](c2ccc(Cl)cc2)N1C(=O)N1CCNC(=O)C1. The first-order chi connectivity index (χ1) is 21.8. The lowest BCUT2D eigenvalue weighted by atomic mass is 9.93. The molecule has 0 bridgehead atoms. The summed E-state index contributed by atoms with van der Waals surface area (Å²) in [5, 5.41) is 3.82. The average Bonchev–Trinajstić information content (AvgIpc) is 3.41. The molecule has 0 aromatic heterocycles. The molecule has 11 nitrogen and oxygen atoms in total. The maximum Gasteiger partial charge on any atom is 0.326 e. The van der Waals surface area contributed by atoms with Crippen molar-refractivity contribution in [2.24, 2.45) is 4.99 Å². The number of carbonyl (C=O) groups excluding carboxylic acids is 2. The van der Waals surface area contributed by atoms with Gasteiger partial charge in [0.15, 0.2) is 0 Å². The molecule has 244 valence electrons. The van der Waals surface area contributed by atoms with Gasteiger partial charge in [0.25, 0.3) is 0 Å². The van der Waals surface area contributed by atoms with Crippen molar-refractivity contribution >= 4 is 56.7 Å². The summed E-state index contributed by atoms with van der Waals surface area (Å²) in [5.41, 5.74) is 2.24. The highest BCUT2D eigenvalue weighted by Crippen LogP contribution is 2.46. The van der Waals surface area contributed by atoms with Crippen LogP contribution in [0, 0.1) is 0 Å². The summed E-state index contributed by atoms with van der Waals surface area (Å²) in [6.07, 6.45) is 0. The van der Waals surface area contributed by atoms with Crippen LogP contribution >= 0.6 is 23.2 Å². The number of rotatable bonds is 8. The van der Waals surface area contributed by atoms with E-state index < -0.39 is 28.1 Å². The third kappa shape index (κ3) is 6.52. The van der Waals surface area contributed by atoms with Crippen molar-refractivity contribution in [2.75, 3.05) is 59.3 Å². The highest BCUT2D eigenvalue weighted by Gasteiger charge is 2.45. The van der Waals surface area contributed by atoms with Crippen LogP contribution in [0.2, 0.25) is 10.0 Å². The van der Waals surface area contributed by atoms with Crippen LogP contribution in [0.4, 0.5) is 10.5 Å². The van der Waals surface area contributed by atoms with Crippen LogP contribution in [0.15, 0.2) is 70.6 Å². The molecule has 2 aliphatic heterocycles. The number of carbonyl (C=O) groups is 2. The number of hydrogen-bond donors (Lipinski definition) is 1. The van der Waals surface area contributed by atoms with Gasteiger partial charge >= 0.3 is 6.03 Å². The fourth-order valence-corrected chi connectivity index (χ4v) is 6.98. The molecule has 0 radical (unpaired) electrons. The van der Waals surface area contributed by atoms with Gasteiger partial charge in [0, 0.05) is 57.4 Å². The molecule has 1 saturated heterocycles. The second kappa shape index (κ2) is 13.5. The van der Waals surface area contributed by atoms with Crippen molar-refractivity contribution in [3.8, 4) is 5.75 Å². The first-order valence-corrected chi connectivity index (χ1v) is 16.9. The van der Waals surface area contributed by atoms with Crippen LogP contribution in [0.3, 0.4) is 0 Å². The number of aliphatic imine (C=N–C) groups is 1. The Bertz CT molecular complexity index is 1760. The van der Waals surface area contributed by atoms with Gasteiger partial charge < -0.3 is 19.9 Å². The van der Waals surface area contributed by atoms with Crippen LogP contribution in [0.25, 0.3) is 0 Å². The molecule has 0 spiro atoms. The minimum atomic E-state index is -3.96. The largest absolute Gasteiger partial charge is 0.493 e. The predicted octanol–water partition coefficient (Wildman–Crippen LogP) is 4.81. The first kappa shape index (κ1) is 33.5. The quantitative estimate of drug-likeness (QED) is 0.364. The number of ether oxygens (including phenoxy) is 1. The number of hydrogen-bond acceptors (Lipinski definition) is 7. The van der Waals surface area contributed by atoms with Gasteiger partial charge in [0.05, 0.1) is 23.9 Å². The molecule has 3 aromatic carbocycles. The van der Waals surface area contributed by atoms with Crippen molar-refractivity contribution in [1.82, 2.24) is 19.4 Å². The Morgan fingerprint density at radius 3 is 2.15 bits per heavy atom. The van der Waals surface area contributed by atoms with Gasteiger partial charge in [-0.05, 0) is 48.4 Å². The normalized spacial score (nSPS) is 18.4. The van der Waals surface area contributed by atoms with Gasteiger partial charge in [-0.2, -0.15) is 0 Å². The molecule has 5 rings (SSSR count). The molecule has 1 fully saturated rings. The summed E-state index contributed by atoms with van der Waals surface area (Å²) < 4.78 is 34.6. The summed E-state index contributed by atoms with van der Waals surface area (Å²) in [5.74, 6) is 0.280. The third-order valence-corrected chi connectivity index (χ3v) is 10.2. The molecule has 1 N–H and O–H groups in total. The van der Waals surface area contributed by atoms with E-state index in [2.05, 4.69) is 5.32 Å². The van der Waals surface area contributed by atoms with Crippen molar-refractivity contribution in [3.63, 3.8) is 0 Å². The number of benzene rings is 3. The summed E-state index contributed by atoms with van der Waals surface area (Å²) in [6.45, 7) is 2.53. The summed E-state index contributed by atoms with van der Waals surface area (Å²) in [6, 6.07) is 15.7. The zero-order chi connectivity index (χ0) is 33.3. The minimum absolute atomic E-state index is 0.0198. The molecular weight excluding hydrogens is 651 g/mol. The van der Waals surface area contributed by atoms with E-state index in [0.29, 0.717) is 33.6 Å². The molecule has 14 heteroatoms. The lowest BCUT2D eigenvalue weighted by Gasteiger charge is -2.36. The van der Waals surface area contributed by atoms with Crippen molar-refractivity contribution in [3.05, 3.63) is 87.4 Å². The van der Waals surface area contributed by atoms with Crippen LogP contribution in [-0.2, 0) is 14.8 Å². The molecule has 0 saturated carbocycles. The summed E-state index contributed by atoms with van der Waals surface area (Å²) in [7, 11) is 2.46. The van der Waals surface area contributed by atoms with E-state index in [-0.39, 0.29) is 36.3 Å². The molecule has 3 amide bonds. The molecule has 0 aliphatic carbocycles. The zero-order valence-electron chi connectivity index (χ0n) is 26.2. The van der Waals surface area contributed by atoms with E-state index in [0.717, 1.165) is 15.4 Å². The topological polar surface area (TPSA) is 115 Å². The molecule has 3 aromatic rings. The van der Waals surface area contributed by atoms with Gasteiger partial charge in [-0.25, -0.2) is 17.5 Å². The number of urea groups is 1. The lowest BCUT2D eigenvalue weighted by molar-refractivity contribution is -0.123. The maximum absolute atomic E-state index is 14.6. The molecule has 2 heterocycles. The van der Waals surface area contributed by atoms with E-state index in [4.69, 9.17) is 32.9 Å². The second-order valence-electron chi connectivity index (χ2n) is 11.3. The third-order valence-electron chi connectivity index (χ3n) is 7.85. The van der Waals surface area contributed by atoms with Gasteiger partial charge in [0.1, 0.15) is 29.1 Å². The summed E-state index contributed by atoms with van der Waals surface area (Å²) >= 11 is 12.5. The van der Waals surface area contributed by atoms with Crippen LogP contribution in [0.1, 0.15) is 35.7 Å². The van der Waals surface area contributed by atoms with Crippen molar-refractivity contribution < 1.29 is 22.7 Å². The number of amides is 3. The number of nitrogens with one attached hydrogen (secondary N) is 1. The monoisotopic (exact) mass is 686 g/mol. The number of piperazine rings is 1. The predicted molar refractivity (Wildman–Crippen MR) is 180 cm³/mol. The number of nitrogens with zero attached hydrogens (tertiary/aromatic N) is 5. The Hall–Kier alpha value is -3.84. The smallest absolute Gasteiger partial charge is 0.326 e. The first-order valence-electron chi connectivity index (χ1n) is 14.7. The van der Waals surface area contributed by atoms with Gasteiger partial charge in [-0.1, -0.05) is 47.5 Å². The number of sulfonamides is 1. The molecule has 2 aliphatic rings. The zero-order valence-corrected chi connectivity index (χ0v) is 28.5. The number of amidine groups is 1. The van der Waals surface area contributed by atoms with E-state index in [9.17, 15) is 18.0 Å². The van der Waals surface area contributed by atoms with E-state index in [1.165, 1.54) is 25.1 Å². The van der Waals surface area contributed by atoms with Crippen LogP contribution < -0.4 is 15.0 Å². The molecule has 46 heavy (non-hydrogen) atoms. The minimum Gasteiger partial charge on any atom is -0.493 e. The van der Waals surface area contributed by atoms with E-state index >= 15 is 0 Å². The Labute approximate surface area is 279 Å². The van der Waals surface area contributed by atoms with Gasteiger partial charge in [-0.3, -0.25) is 14.7 Å². The van der Waals surface area contributed by atoms with E-state index in [1.54, 1.807) is 54.2 Å². The van der Waals surface area contributed by atoms with Crippen molar-refractivity contribution in [2.45, 2.75) is 23.9 Å². The molecular formula is C32H36Cl2N6O5S. The highest BCUT2D eigenvalue weighted by molar-refractivity contribution is 7.89. The fraction of sp³-hybridized carbons (Fsp3) is 0.344. The molecule has 0 unspecified atom stereocenters. The Kier molecular flexibility index (Phi) is 9.83. The average molecular weight is 688 g/mol. The lowest BCUT2D eigenvalue weighted by Crippen LogP contribution is -2.55. The fourth-order valence-electron chi connectivity index (χ4n) is 5.56. The molecule has 2 atom stereocenters. The number of anilines is 1. The number of halogens is 2. The van der Waals surface area contributed by atoms with Crippen LogP contribution in [-0.4, -0.2) is 94.7 Å². The Morgan fingerprint density at radius 1 is 1.00 bits per heavy atom. The van der Waals surface area contributed by atoms with Gasteiger partial charge in [-0.15, -0.1) is 0 Å². The summed E-state index contributed by atoms with van der Waals surface area (Å²) in [4.78, 5) is 36.9. The van der Waals surface area contributed by atoms with Crippen molar-refractivity contribution in [1.29, 1.82) is 0 Å². The maximum atomic E-state index is 14.6. The van der Waals surface area contributed by atoms with E-state index in [1.807, 2.05) is 31.2 Å². The standard InChI is InChI=1S/C32H36Cl2N6O5S/c1-6-45-26-18-25(37(2)3)27(46(43,44)38(4)5)17-24(26)31-36-29(20-7-11-22(33)12-8-20)30(21-9-13-23(34)14-10-21)40(31)32(42)39-16-15-35-28(41)19-39/h7-14,17-18,29-30H,6,15-16,19H2,1-5H3,(H,35,41)/t29-,30+/m0/s1. The highest BCUT2D eigenvalue weighted by atomic mass is 35.5.